The average molecular weight is 206 g/mol. The Kier molecular flexibility index (Phi) is 6.22. The molecule has 3 nitrogen and oxygen atoms in total. The number of terminal acetylenes is 1. The van der Waals surface area contributed by atoms with Gasteiger partial charge < -0.3 is 5.32 Å². The smallest absolute Gasteiger partial charge is 0.238 e. The van der Waals surface area contributed by atoms with Crippen LogP contribution in [0.2, 0.25) is 0 Å². The number of hydrogen-bond acceptors (Lipinski definition) is 2. The fourth-order valence-electron chi connectivity index (χ4n) is 1.26. The monoisotopic (exact) mass is 206 g/mol. The molecule has 3 heteroatoms. The molecule has 15 heavy (non-hydrogen) atoms. The highest BCUT2D eigenvalue weighted by atomic mass is 16.1. The van der Waals surface area contributed by atoms with Crippen LogP contribution in [0.5, 0.6) is 0 Å². The molecule has 0 aliphatic carbocycles. The number of nitrogens with zero attached hydrogens (tertiary/aromatic N) is 1. The summed E-state index contributed by atoms with van der Waals surface area (Å²) in [7, 11) is 0. The second-order valence-electron chi connectivity index (χ2n) is 3.87. The third-order valence-corrected chi connectivity index (χ3v) is 2.18. The van der Waals surface area contributed by atoms with Crippen LogP contribution in [0.15, 0.2) is 0 Å². The summed E-state index contributed by atoms with van der Waals surface area (Å²) in [5.41, 5.74) is 0. The van der Waals surface area contributed by atoms with Crippen LogP contribution in [-0.2, 0) is 4.79 Å². The van der Waals surface area contributed by atoms with Gasteiger partial charge in [-0.3, -0.25) is 4.79 Å². The summed E-state index contributed by atoms with van der Waals surface area (Å²) in [6, 6.07) is 1.74. The van der Waals surface area contributed by atoms with Crippen molar-refractivity contribution in [2.75, 3.05) is 0 Å². The first-order valence-electron chi connectivity index (χ1n) is 5.22. The molecule has 0 aromatic carbocycles. The van der Waals surface area contributed by atoms with Gasteiger partial charge in [0.2, 0.25) is 5.91 Å². The first-order chi connectivity index (χ1) is 7.06. The number of nitrogens with one attached hydrogen (secondary N) is 1. The predicted octanol–water partition coefficient (Wildman–Crippen LogP) is 1.70. The molecule has 0 heterocycles. The Morgan fingerprint density at radius 2 is 2.13 bits per heavy atom. The van der Waals surface area contributed by atoms with Gasteiger partial charge in [-0.1, -0.05) is 33.1 Å². The van der Waals surface area contributed by atoms with Crippen molar-refractivity contribution >= 4 is 5.91 Å². The maximum absolute atomic E-state index is 11.6. The molecule has 0 fully saturated rings. The van der Waals surface area contributed by atoms with Crippen molar-refractivity contribution in [2.24, 2.45) is 11.8 Å². The van der Waals surface area contributed by atoms with Gasteiger partial charge in [-0.25, -0.2) is 0 Å². The lowest BCUT2D eigenvalue weighted by Gasteiger charge is -2.16. The zero-order valence-corrected chi connectivity index (χ0v) is 9.58. The van der Waals surface area contributed by atoms with Crippen molar-refractivity contribution in [3.8, 4) is 18.4 Å². The maximum Gasteiger partial charge on any atom is 0.238 e. The fraction of sp³-hybridized carbons (Fsp3) is 0.667. The molecule has 0 saturated heterocycles. The summed E-state index contributed by atoms with van der Waals surface area (Å²) in [4.78, 5) is 11.6. The standard InChI is InChI=1S/C12H18N2O/c1-5-7-10(6-2)14-12(15)11(8-13)9(3)4/h2,9-11H,5,7H2,1,3-4H3,(H,14,15). The molecule has 0 bridgehead atoms. The van der Waals surface area contributed by atoms with Crippen LogP contribution in [0.25, 0.3) is 0 Å². The van der Waals surface area contributed by atoms with Gasteiger partial charge in [0.05, 0.1) is 12.1 Å². The molecule has 1 amide bonds. The molecule has 0 aliphatic heterocycles. The summed E-state index contributed by atoms with van der Waals surface area (Å²) >= 11 is 0. The van der Waals surface area contributed by atoms with Crippen molar-refractivity contribution in [2.45, 2.75) is 39.7 Å². The van der Waals surface area contributed by atoms with Crippen molar-refractivity contribution < 1.29 is 4.79 Å². The first kappa shape index (κ1) is 13.5. The van der Waals surface area contributed by atoms with Gasteiger partial charge in [0.1, 0.15) is 5.92 Å². The largest absolute Gasteiger partial charge is 0.341 e. The number of nitriles is 1. The number of carbonyl (C=O) groups is 1. The Bertz CT molecular complexity index is 283. The Morgan fingerprint density at radius 3 is 2.47 bits per heavy atom. The van der Waals surface area contributed by atoms with Gasteiger partial charge in [0, 0.05) is 0 Å². The van der Waals surface area contributed by atoms with E-state index in [2.05, 4.69) is 11.2 Å². The fourth-order valence-corrected chi connectivity index (χ4v) is 1.26. The summed E-state index contributed by atoms with van der Waals surface area (Å²) in [5, 5.41) is 11.5. The van der Waals surface area contributed by atoms with Crippen molar-refractivity contribution in [3.63, 3.8) is 0 Å². The Labute approximate surface area is 91.9 Å². The second kappa shape index (κ2) is 6.90. The van der Waals surface area contributed by atoms with E-state index in [4.69, 9.17) is 11.7 Å². The maximum atomic E-state index is 11.6. The van der Waals surface area contributed by atoms with E-state index < -0.39 is 5.92 Å². The molecule has 0 rings (SSSR count). The first-order valence-corrected chi connectivity index (χ1v) is 5.22. The van der Waals surface area contributed by atoms with Crippen molar-refractivity contribution in [3.05, 3.63) is 0 Å². The molecule has 2 atom stereocenters. The highest BCUT2D eigenvalue weighted by Crippen LogP contribution is 2.10. The van der Waals surface area contributed by atoms with E-state index in [0.717, 1.165) is 12.8 Å². The van der Waals surface area contributed by atoms with E-state index in [1.807, 2.05) is 26.8 Å². The van der Waals surface area contributed by atoms with E-state index in [9.17, 15) is 4.79 Å². The second-order valence-corrected chi connectivity index (χ2v) is 3.87. The highest BCUT2D eigenvalue weighted by Gasteiger charge is 2.22. The van der Waals surface area contributed by atoms with E-state index in [0.29, 0.717) is 0 Å². The number of hydrogen-bond donors (Lipinski definition) is 1. The minimum Gasteiger partial charge on any atom is -0.341 e. The lowest BCUT2D eigenvalue weighted by atomic mass is 9.96. The van der Waals surface area contributed by atoms with Crippen LogP contribution < -0.4 is 5.32 Å². The van der Waals surface area contributed by atoms with Crippen LogP contribution in [-0.4, -0.2) is 11.9 Å². The summed E-state index contributed by atoms with van der Waals surface area (Å²) < 4.78 is 0. The van der Waals surface area contributed by atoms with Crippen LogP contribution in [0.4, 0.5) is 0 Å². The molecule has 0 aliphatic rings. The molecule has 0 spiro atoms. The van der Waals surface area contributed by atoms with E-state index in [-0.39, 0.29) is 17.9 Å². The Balaban J connectivity index is 4.35. The van der Waals surface area contributed by atoms with Gasteiger partial charge >= 0.3 is 0 Å². The summed E-state index contributed by atoms with van der Waals surface area (Å²) in [6.45, 7) is 5.69. The lowest BCUT2D eigenvalue weighted by molar-refractivity contribution is -0.124. The Hall–Kier alpha value is -1.48. The lowest BCUT2D eigenvalue weighted by Crippen LogP contribution is -2.39. The molecular formula is C12H18N2O. The zero-order chi connectivity index (χ0) is 11.8. The number of amides is 1. The van der Waals surface area contributed by atoms with E-state index in [1.54, 1.807) is 0 Å². The average Bonchev–Trinajstić information content (AvgIpc) is 2.17. The minimum absolute atomic E-state index is 0.00931. The van der Waals surface area contributed by atoms with Gasteiger partial charge in [-0.05, 0) is 12.3 Å². The quantitative estimate of drug-likeness (QED) is 0.696. The molecular weight excluding hydrogens is 188 g/mol. The van der Waals surface area contributed by atoms with Crippen LogP contribution in [0.3, 0.4) is 0 Å². The van der Waals surface area contributed by atoms with Gasteiger partial charge in [0.15, 0.2) is 0 Å². The minimum atomic E-state index is -0.613. The van der Waals surface area contributed by atoms with E-state index >= 15 is 0 Å². The topological polar surface area (TPSA) is 52.9 Å². The van der Waals surface area contributed by atoms with Crippen LogP contribution >= 0.6 is 0 Å². The molecule has 0 radical (unpaired) electrons. The molecule has 1 N–H and O–H groups in total. The van der Waals surface area contributed by atoms with Gasteiger partial charge in [0.25, 0.3) is 0 Å². The third kappa shape index (κ3) is 4.51. The van der Waals surface area contributed by atoms with Gasteiger partial charge in [-0.15, -0.1) is 6.42 Å². The van der Waals surface area contributed by atoms with E-state index in [1.165, 1.54) is 0 Å². The molecule has 82 valence electrons. The SMILES string of the molecule is C#CC(CCC)NC(=O)C(C#N)C(C)C. The normalized spacial score (nSPS) is 13.7. The molecule has 0 aromatic rings. The summed E-state index contributed by atoms with van der Waals surface area (Å²) in [6.07, 6.45) is 6.94. The molecule has 2 unspecified atom stereocenters. The van der Waals surface area contributed by atoms with Gasteiger partial charge in [-0.2, -0.15) is 5.26 Å². The van der Waals surface area contributed by atoms with Crippen LogP contribution in [0.1, 0.15) is 33.6 Å². The van der Waals surface area contributed by atoms with Crippen molar-refractivity contribution in [1.82, 2.24) is 5.32 Å². The highest BCUT2D eigenvalue weighted by molar-refractivity contribution is 5.81. The third-order valence-electron chi connectivity index (χ3n) is 2.18. The summed E-state index contributed by atoms with van der Waals surface area (Å²) in [5.74, 6) is 1.65. The molecule has 0 aromatic heterocycles. The Morgan fingerprint density at radius 1 is 1.53 bits per heavy atom. The van der Waals surface area contributed by atoms with Crippen molar-refractivity contribution in [1.29, 1.82) is 5.26 Å². The number of rotatable bonds is 5. The molecule has 0 saturated carbocycles. The zero-order valence-electron chi connectivity index (χ0n) is 9.58. The van der Waals surface area contributed by atoms with Crippen LogP contribution in [0, 0.1) is 35.5 Å². The number of carbonyl (C=O) groups excluding carboxylic acids is 1. The predicted molar refractivity (Wildman–Crippen MR) is 59.6 cm³/mol.